The molecule has 5 heteroatoms. The summed E-state index contributed by atoms with van der Waals surface area (Å²) < 4.78 is 2.04. The highest BCUT2D eigenvalue weighted by molar-refractivity contribution is 7.99. The number of hydrogen-bond donors (Lipinski definition) is 0. The lowest BCUT2D eigenvalue weighted by atomic mass is 10.1. The second kappa shape index (κ2) is 8.44. The number of carbonyl (C=O) groups is 1. The van der Waals surface area contributed by atoms with Crippen LogP contribution < -0.4 is 0 Å². The van der Waals surface area contributed by atoms with Crippen molar-refractivity contribution in [2.75, 3.05) is 12.8 Å². The average Bonchev–Trinajstić information content (AvgIpc) is 3.03. The van der Waals surface area contributed by atoms with Crippen LogP contribution in [0.25, 0.3) is 11.3 Å². The van der Waals surface area contributed by atoms with E-state index in [0.717, 1.165) is 16.4 Å². The molecule has 0 aliphatic heterocycles. The van der Waals surface area contributed by atoms with E-state index >= 15 is 0 Å². The van der Waals surface area contributed by atoms with E-state index in [4.69, 9.17) is 0 Å². The first-order chi connectivity index (χ1) is 13.0. The zero-order chi connectivity index (χ0) is 19.4. The maximum absolute atomic E-state index is 12.6. The summed E-state index contributed by atoms with van der Waals surface area (Å²) in [5.74, 6) is 0.477. The molecule has 0 aliphatic rings. The molecule has 3 rings (SSSR count). The Hall–Kier alpha value is -2.53. The summed E-state index contributed by atoms with van der Waals surface area (Å²) in [5.41, 5.74) is 5.82. The number of aromatic nitrogens is 2. The number of carbonyl (C=O) groups excluding carboxylic acids is 1. The Morgan fingerprint density at radius 3 is 2.59 bits per heavy atom. The molecule has 27 heavy (non-hydrogen) atoms. The number of amides is 1. The van der Waals surface area contributed by atoms with Gasteiger partial charge in [0.25, 0.3) is 0 Å². The lowest BCUT2D eigenvalue weighted by Gasteiger charge is -2.18. The molecule has 1 amide bonds. The van der Waals surface area contributed by atoms with E-state index in [-0.39, 0.29) is 5.91 Å². The van der Waals surface area contributed by atoms with Gasteiger partial charge in [-0.25, -0.2) is 4.98 Å². The van der Waals surface area contributed by atoms with Crippen LogP contribution in [0.2, 0.25) is 0 Å². The van der Waals surface area contributed by atoms with Crippen LogP contribution in [0.5, 0.6) is 0 Å². The molecular weight excluding hydrogens is 354 g/mol. The van der Waals surface area contributed by atoms with Gasteiger partial charge in [0, 0.05) is 20.6 Å². The number of benzene rings is 2. The van der Waals surface area contributed by atoms with Crippen LogP contribution in [-0.4, -0.2) is 33.2 Å². The van der Waals surface area contributed by atoms with Gasteiger partial charge in [0.15, 0.2) is 5.16 Å². The van der Waals surface area contributed by atoms with Crippen molar-refractivity contribution in [1.29, 1.82) is 0 Å². The fraction of sp³-hybridized carbons (Fsp3) is 0.273. The summed E-state index contributed by atoms with van der Waals surface area (Å²) in [7, 11) is 3.84. The van der Waals surface area contributed by atoms with Gasteiger partial charge >= 0.3 is 0 Å². The summed E-state index contributed by atoms with van der Waals surface area (Å²) in [6.07, 6.45) is 1.86. The Balaban J connectivity index is 1.61. The van der Waals surface area contributed by atoms with E-state index in [1.807, 2.05) is 43.1 Å². The number of hydrogen-bond acceptors (Lipinski definition) is 3. The first-order valence-corrected chi connectivity index (χ1v) is 9.94. The normalized spacial score (nSPS) is 10.8. The van der Waals surface area contributed by atoms with E-state index in [2.05, 4.69) is 49.2 Å². The zero-order valence-corrected chi connectivity index (χ0v) is 17.1. The van der Waals surface area contributed by atoms with Gasteiger partial charge in [-0.3, -0.25) is 4.79 Å². The summed E-state index contributed by atoms with van der Waals surface area (Å²) in [6, 6.07) is 16.5. The fourth-order valence-electron chi connectivity index (χ4n) is 3.01. The fourth-order valence-corrected chi connectivity index (χ4v) is 3.90. The topological polar surface area (TPSA) is 38.1 Å². The van der Waals surface area contributed by atoms with Gasteiger partial charge in [0.05, 0.1) is 17.6 Å². The number of nitrogens with zero attached hydrogens (tertiary/aromatic N) is 3. The van der Waals surface area contributed by atoms with Crippen molar-refractivity contribution in [2.45, 2.75) is 25.5 Å². The number of thioether (sulfide) groups is 1. The first kappa shape index (κ1) is 19.2. The standard InChI is InChI=1S/C22H25N3OS/c1-16-10-11-19(17(2)12-16)14-24(3)21(26)15-27-22-23-13-20(25(22)4)18-8-6-5-7-9-18/h5-13H,14-15H2,1-4H3. The number of aryl methyl sites for hydroxylation is 2. The van der Waals surface area contributed by atoms with Crippen LogP contribution >= 0.6 is 11.8 Å². The van der Waals surface area contributed by atoms with Crippen molar-refractivity contribution in [3.05, 3.63) is 71.4 Å². The molecule has 0 saturated heterocycles. The zero-order valence-electron chi connectivity index (χ0n) is 16.3. The molecule has 0 unspecified atom stereocenters. The second-order valence-electron chi connectivity index (χ2n) is 6.82. The molecule has 0 saturated carbocycles. The van der Waals surface area contributed by atoms with Gasteiger partial charge in [0.1, 0.15) is 0 Å². The molecule has 3 aromatic rings. The predicted octanol–water partition coefficient (Wildman–Crippen LogP) is 4.45. The van der Waals surface area contributed by atoms with Crippen LogP contribution in [0.3, 0.4) is 0 Å². The van der Waals surface area contributed by atoms with E-state index in [1.165, 1.54) is 28.5 Å². The van der Waals surface area contributed by atoms with Crippen LogP contribution in [0, 0.1) is 13.8 Å². The molecule has 0 spiro atoms. The molecule has 0 radical (unpaired) electrons. The van der Waals surface area contributed by atoms with E-state index in [9.17, 15) is 4.79 Å². The van der Waals surface area contributed by atoms with Gasteiger partial charge in [-0.1, -0.05) is 65.9 Å². The third-order valence-corrected chi connectivity index (χ3v) is 5.70. The van der Waals surface area contributed by atoms with Gasteiger partial charge in [-0.15, -0.1) is 0 Å². The van der Waals surface area contributed by atoms with Crippen molar-refractivity contribution >= 4 is 17.7 Å². The Morgan fingerprint density at radius 2 is 1.89 bits per heavy atom. The Bertz CT molecular complexity index is 934. The lowest BCUT2D eigenvalue weighted by Crippen LogP contribution is -2.28. The number of imidazole rings is 1. The third kappa shape index (κ3) is 4.61. The highest BCUT2D eigenvalue weighted by Crippen LogP contribution is 2.25. The lowest BCUT2D eigenvalue weighted by molar-refractivity contribution is -0.127. The summed E-state index contributed by atoms with van der Waals surface area (Å²) in [6.45, 7) is 4.80. The maximum atomic E-state index is 12.6. The van der Waals surface area contributed by atoms with Crippen molar-refractivity contribution < 1.29 is 4.79 Å². The molecule has 1 aromatic heterocycles. The summed E-state index contributed by atoms with van der Waals surface area (Å²) >= 11 is 1.48. The van der Waals surface area contributed by atoms with Gasteiger partial charge in [0.2, 0.25) is 5.91 Å². The average molecular weight is 380 g/mol. The van der Waals surface area contributed by atoms with E-state index in [1.54, 1.807) is 4.90 Å². The molecule has 0 N–H and O–H groups in total. The quantitative estimate of drug-likeness (QED) is 0.594. The van der Waals surface area contributed by atoms with Crippen LogP contribution in [0.15, 0.2) is 59.9 Å². The van der Waals surface area contributed by atoms with Crippen molar-refractivity contribution in [3.63, 3.8) is 0 Å². The molecule has 0 aliphatic carbocycles. The minimum atomic E-state index is 0.101. The number of rotatable bonds is 6. The highest BCUT2D eigenvalue weighted by atomic mass is 32.2. The Kier molecular flexibility index (Phi) is 6.01. The molecule has 140 valence electrons. The van der Waals surface area contributed by atoms with Crippen molar-refractivity contribution in [3.8, 4) is 11.3 Å². The Morgan fingerprint density at radius 1 is 1.15 bits per heavy atom. The van der Waals surface area contributed by atoms with Gasteiger partial charge < -0.3 is 9.47 Å². The highest BCUT2D eigenvalue weighted by Gasteiger charge is 2.14. The molecule has 4 nitrogen and oxygen atoms in total. The van der Waals surface area contributed by atoms with E-state index in [0.29, 0.717) is 12.3 Å². The minimum absolute atomic E-state index is 0.101. The molecule has 0 atom stereocenters. The first-order valence-electron chi connectivity index (χ1n) is 8.95. The van der Waals surface area contributed by atoms with Crippen molar-refractivity contribution in [2.24, 2.45) is 7.05 Å². The van der Waals surface area contributed by atoms with Gasteiger partial charge in [-0.05, 0) is 30.5 Å². The largest absolute Gasteiger partial charge is 0.341 e. The molecule has 0 bridgehead atoms. The second-order valence-corrected chi connectivity index (χ2v) is 7.76. The van der Waals surface area contributed by atoms with Crippen molar-refractivity contribution in [1.82, 2.24) is 14.5 Å². The molecule has 1 heterocycles. The third-order valence-electron chi connectivity index (χ3n) is 4.67. The smallest absolute Gasteiger partial charge is 0.233 e. The monoisotopic (exact) mass is 379 g/mol. The summed E-state index contributed by atoms with van der Waals surface area (Å²) in [5, 5.41) is 0.849. The Labute approximate surface area is 165 Å². The maximum Gasteiger partial charge on any atom is 0.233 e. The van der Waals surface area contributed by atoms with Gasteiger partial charge in [-0.2, -0.15) is 0 Å². The predicted molar refractivity (Wildman–Crippen MR) is 112 cm³/mol. The molecular formula is C22H25N3OS. The van der Waals surface area contributed by atoms with Crippen LogP contribution in [0.1, 0.15) is 16.7 Å². The SMILES string of the molecule is Cc1ccc(CN(C)C(=O)CSc2ncc(-c3ccccc3)n2C)c(C)c1. The van der Waals surface area contributed by atoms with E-state index < -0.39 is 0 Å². The molecule has 0 fully saturated rings. The molecule has 2 aromatic carbocycles. The summed E-state index contributed by atoms with van der Waals surface area (Å²) in [4.78, 5) is 18.8. The van der Waals surface area contributed by atoms with Crippen LogP contribution in [-0.2, 0) is 18.4 Å². The van der Waals surface area contributed by atoms with Crippen LogP contribution in [0.4, 0.5) is 0 Å². The minimum Gasteiger partial charge on any atom is -0.341 e.